The number of imide groups is 1. The number of morpholine rings is 1. The number of likely N-dealkylation sites (tertiary alicyclic amines) is 2. The van der Waals surface area contributed by atoms with Gasteiger partial charge in [0.05, 0.1) is 53.6 Å². The van der Waals surface area contributed by atoms with Crippen LogP contribution < -0.4 is 20.4 Å². The molecule has 0 radical (unpaired) electrons. The topological polar surface area (TPSA) is 163 Å². The van der Waals surface area contributed by atoms with Crippen LogP contribution in [0.1, 0.15) is 91.0 Å². The van der Waals surface area contributed by atoms with E-state index in [2.05, 4.69) is 30.6 Å². The maximum atomic E-state index is 13.6. The van der Waals surface area contributed by atoms with Gasteiger partial charge in [0.2, 0.25) is 5.91 Å². The Labute approximate surface area is 357 Å². The largest absolute Gasteiger partial charge is 0.374 e. The summed E-state index contributed by atoms with van der Waals surface area (Å²) in [7, 11) is 0. The number of piperidine rings is 2. The van der Waals surface area contributed by atoms with Gasteiger partial charge >= 0.3 is 6.03 Å². The zero-order valence-electron chi connectivity index (χ0n) is 33.4. The van der Waals surface area contributed by atoms with Gasteiger partial charge in [-0.2, -0.15) is 10.2 Å². The van der Waals surface area contributed by atoms with Gasteiger partial charge < -0.3 is 24.8 Å². The summed E-state index contributed by atoms with van der Waals surface area (Å²) in [5.74, 6) is 0.744. The summed E-state index contributed by atoms with van der Waals surface area (Å²) in [6, 6.07) is 6.98. The number of amides is 5. The molecule has 4 aromatic rings. The van der Waals surface area contributed by atoms with E-state index < -0.39 is 6.03 Å². The lowest BCUT2D eigenvalue weighted by atomic mass is 9.71. The number of urea groups is 1. The van der Waals surface area contributed by atoms with Crippen molar-refractivity contribution in [2.75, 3.05) is 67.5 Å². The van der Waals surface area contributed by atoms with Crippen molar-refractivity contribution >= 4 is 69.8 Å². The molecular formula is C42H49Cl2N11O5. The monoisotopic (exact) mass is 857 g/mol. The van der Waals surface area contributed by atoms with Crippen LogP contribution in [0.5, 0.6) is 0 Å². The summed E-state index contributed by atoms with van der Waals surface area (Å²) in [5.41, 5.74) is 2.55. The first-order chi connectivity index (χ1) is 29.1. The highest BCUT2D eigenvalue weighted by Crippen LogP contribution is 2.43. The molecule has 8 heterocycles. The molecule has 5 aliphatic heterocycles. The van der Waals surface area contributed by atoms with E-state index in [-0.39, 0.29) is 53.4 Å². The molecule has 1 spiro atoms. The number of hydrogen-bond donors (Lipinski definition) is 2. The lowest BCUT2D eigenvalue weighted by Gasteiger charge is -2.47. The van der Waals surface area contributed by atoms with Gasteiger partial charge in [0, 0.05) is 50.9 Å². The molecule has 2 bridgehead atoms. The van der Waals surface area contributed by atoms with Gasteiger partial charge in [-0.1, -0.05) is 23.2 Å². The maximum absolute atomic E-state index is 13.6. The smallest absolute Gasteiger partial charge is 0.328 e. The van der Waals surface area contributed by atoms with Crippen LogP contribution in [0.4, 0.5) is 22.0 Å². The predicted octanol–water partition coefficient (Wildman–Crippen LogP) is 5.66. The van der Waals surface area contributed by atoms with Gasteiger partial charge in [-0.05, 0) is 106 Å². The van der Waals surface area contributed by atoms with E-state index in [4.69, 9.17) is 32.9 Å². The average Bonchev–Trinajstić information content (AvgIpc) is 4.07. The Hall–Kier alpha value is -4.77. The number of hydrogen-bond acceptors (Lipinski definition) is 10. The van der Waals surface area contributed by atoms with Crippen molar-refractivity contribution in [3.05, 3.63) is 64.2 Å². The second kappa shape index (κ2) is 15.9. The fraction of sp³-hybridized carbons (Fsp3) is 0.548. The number of anilines is 3. The van der Waals surface area contributed by atoms with Crippen molar-refractivity contribution in [1.82, 2.24) is 39.5 Å². The standard InChI is InChI=1S/C42H49Cl2N11O5/c43-32-6-3-27(19-34(32)52-13-8-36(56)48-41(52)59)40(58)51-17-11-42(12-18-51)9-15-50(16-10-42)22-26-1-4-28(5-2-26)55-24-33(37(44)49-55)46-39(57)31-21-45-54-14-7-35(47-38(31)54)53-23-30-20-29(53)25-60-30/h3,6-7,14,19,21,24,26,28-30H,1-2,4-5,8-13,15-18,20,22-23,25H2,(H,46,57)(H,48,56,59)/t26-,28-,29-,30-/m1/s1. The van der Waals surface area contributed by atoms with Crippen molar-refractivity contribution < 1.29 is 23.9 Å². The first-order valence-electron chi connectivity index (χ1n) is 21.3. The van der Waals surface area contributed by atoms with Crippen LogP contribution in [0.2, 0.25) is 10.2 Å². The lowest BCUT2D eigenvalue weighted by molar-refractivity contribution is -0.120. The number of fused-ring (bicyclic) bond motifs is 3. The Balaban J connectivity index is 0.683. The molecule has 6 aliphatic rings. The fourth-order valence-electron chi connectivity index (χ4n) is 10.4. The number of carbonyl (C=O) groups excluding carboxylic acids is 4. The number of nitrogens with one attached hydrogen (secondary N) is 2. The Morgan fingerprint density at radius 1 is 0.967 bits per heavy atom. The maximum Gasteiger partial charge on any atom is 0.328 e. The first kappa shape index (κ1) is 39.4. The minimum atomic E-state index is -0.525. The molecule has 10 rings (SSSR count). The van der Waals surface area contributed by atoms with Crippen molar-refractivity contribution in [3.8, 4) is 0 Å². The fourth-order valence-corrected chi connectivity index (χ4v) is 10.8. The van der Waals surface area contributed by atoms with Crippen LogP contribution in [0.15, 0.2) is 42.9 Å². The van der Waals surface area contributed by atoms with Gasteiger partial charge in [-0.15, -0.1) is 0 Å². The van der Waals surface area contributed by atoms with Crippen LogP contribution in [0.25, 0.3) is 5.65 Å². The molecule has 2 atom stereocenters. The van der Waals surface area contributed by atoms with E-state index in [1.807, 2.05) is 28.0 Å². The van der Waals surface area contributed by atoms with E-state index in [0.717, 1.165) is 89.8 Å². The third-order valence-corrected chi connectivity index (χ3v) is 14.6. The zero-order valence-corrected chi connectivity index (χ0v) is 34.9. The molecule has 1 saturated carbocycles. The molecule has 2 N–H and O–H groups in total. The Morgan fingerprint density at radius 3 is 2.48 bits per heavy atom. The Kier molecular flexibility index (Phi) is 10.4. The predicted molar refractivity (Wildman–Crippen MR) is 225 cm³/mol. The first-order valence-corrected chi connectivity index (χ1v) is 22.0. The van der Waals surface area contributed by atoms with Crippen molar-refractivity contribution in [1.29, 1.82) is 0 Å². The third-order valence-electron chi connectivity index (χ3n) is 14.0. The number of ether oxygens (including phenoxy) is 1. The lowest BCUT2D eigenvalue weighted by Crippen LogP contribution is -2.50. The minimum Gasteiger partial charge on any atom is -0.374 e. The molecule has 0 unspecified atom stereocenters. The zero-order chi connectivity index (χ0) is 41.1. The SMILES string of the molecule is O=C1CCN(c2cc(C(=O)N3CCC4(CCN(C[C@H]5CC[C@H](n6cc(NC(=O)c7cnn8ccc(N9C[C@H]%10C[C@@H]9CO%10)nc78)c(Cl)n6)CC5)CC4)CC3)ccc2Cl)C(=O)N1. The highest BCUT2D eigenvalue weighted by atomic mass is 35.5. The van der Waals surface area contributed by atoms with E-state index in [0.29, 0.717) is 64.8 Å². The van der Waals surface area contributed by atoms with Crippen LogP contribution in [0, 0.1) is 11.3 Å². The molecular weight excluding hydrogens is 809 g/mol. The molecule has 3 aromatic heterocycles. The molecule has 5 saturated heterocycles. The van der Waals surface area contributed by atoms with E-state index in [9.17, 15) is 19.2 Å². The van der Waals surface area contributed by atoms with Gasteiger partial charge in [-0.25, -0.2) is 14.3 Å². The van der Waals surface area contributed by atoms with Gasteiger partial charge in [0.1, 0.15) is 11.4 Å². The van der Waals surface area contributed by atoms with E-state index >= 15 is 0 Å². The molecule has 60 heavy (non-hydrogen) atoms. The highest BCUT2D eigenvalue weighted by molar-refractivity contribution is 6.34. The number of carbonyl (C=O) groups is 4. The highest BCUT2D eigenvalue weighted by Gasteiger charge is 2.41. The molecule has 1 aliphatic carbocycles. The summed E-state index contributed by atoms with van der Waals surface area (Å²) in [5, 5.41) is 14.9. The summed E-state index contributed by atoms with van der Waals surface area (Å²) >= 11 is 13.0. The van der Waals surface area contributed by atoms with Crippen molar-refractivity contribution in [3.63, 3.8) is 0 Å². The molecule has 16 nitrogen and oxygen atoms in total. The minimum absolute atomic E-state index is 0.0576. The Morgan fingerprint density at radius 2 is 1.75 bits per heavy atom. The number of aromatic nitrogens is 5. The van der Waals surface area contributed by atoms with Crippen LogP contribution >= 0.6 is 23.2 Å². The molecule has 18 heteroatoms. The van der Waals surface area contributed by atoms with Crippen LogP contribution in [-0.2, 0) is 9.53 Å². The second-order valence-corrected chi connectivity index (χ2v) is 18.3. The normalized spacial score (nSPS) is 25.7. The molecule has 316 valence electrons. The molecule has 1 aromatic carbocycles. The molecule has 6 fully saturated rings. The van der Waals surface area contributed by atoms with Crippen LogP contribution in [0.3, 0.4) is 0 Å². The summed E-state index contributed by atoms with van der Waals surface area (Å²) in [6.45, 7) is 6.38. The van der Waals surface area contributed by atoms with Gasteiger partial charge in [0.15, 0.2) is 10.8 Å². The average molecular weight is 859 g/mol. The summed E-state index contributed by atoms with van der Waals surface area (Å²) in [4.78, 5) is 64.3. The van der Waals surface area contributed by atoms with Crippen molar-refractivity contribution in [2.24, 2.45) is 11.3 Å². The second-order valence-electron chi connectivity index (χ2n) is 17.6. The van der Waals surface area contributed by atoms with E-state index in [1.54, 1.807) is 28.9 Å². The number of rotatable bonds is 8. The number of nitrogens with zero attached hydrogens (tertiary/aromatic N) is 9. The Bertz CT molecular complexity index is 2320. The number of halogens is 2. The van der Waals surface area contributed by atoms with Crippen LogP contribution in [-0.4, -0.2) is 122 Å². The van der Waals surface area contributed by atoms with Crippen molar-refractivity contribution in [2.45, 2.75) is 82.4 Å². The summed E-state index contributed by atoms with van der Waals surface area (Å²) in [6.07, 6.45) is 15.1. The van der Waals surface area contributed by atoms with E-state index in [1.165, 1.54) is 4.90 Å². The third kappa shape index (κ3) is 7.60. The number of benzene rings is 1. The quantitative estimate of drug-likeness (QED) is 0.226. The van der Waals surface area contributed by atoms with Gasteiger partial charge in [-0.3, -0.25) is 29.3 Å². The molecule has 5 amide bonds. The van der Waals surface area contributed by atoms with Gasteiger partial charge in [0.25, 0.3) is 11.8 Å². The summed E-state index contributed by atoms with van der Waals surface area (Å²) < 4.78 is 9.30.